The molecule has 1 aromatic heterocycles. The van der Waals surface area contributed by atoms with E-state index in [1.807, 2.05) is 30.3 Å². The second-order valence-electron chi connectivity index (χ2n) is 5.40. The van der Waals surface area contributed by atoms with Crippen molar-refractivity contribution in [2.24, 2.45) is 0 Å². The third-order valence-electron chi connectivity index (χ3n) is 3.59. The topological polar surface area (TPSA) is 4.93 Å². The Bertz CT molecular complexity index is 793. The molecule has 1 heterocycles. The first-order valence-electron chi connectivity index (χ1n) is 7.60. The van der Waals surface area contributed by atoms with Gasteiger partial charge in [-0.25, -0.2) is 12.1 Å². The van der Waals surface area contributed by atoms with Crippen molar-refractivity contribution in [1.29, 1.82) is 0 Å². The maximum atomic E-state index is 4.93. The summed E-state index contributed by atoms with van der Waals surface area (Å²) in [6.07, 6.45) is 2.18. The van der Waals surface area contributed by atoms with E-state index in [0.717, 1.165) is 0 Å². The van der Waals surface area contributed by atoms with Crippen LogP contribution in [0.3, 0.4) is 0 Å². The van der Waals surface area contributed by atoms with Crippen molar-refractivity contribution in [3.8, 4) is 5.69 Å². The Morgan fingerprint density at radius 2 is 1.62 bits per heavy atom. The molecule has 0 saturated carbocycles. The van der Waals surface area contributed by atoms with Crippen LogP contribution in [0.15, 0.2) is 79.0 Å². The van der Waals surface area contributed by atoms with Gasteiger partial charge < -0.3 is 4.57 Å². The molecule has 0 fully saturated rings. The van der Waals surface area contributed by atoms with Gasteiger partial charge in [0.25, 0.3) is 0 Å². The van der Waals surface area contributed by atoms with Crippen LogP contribution in [0.25, 0.3) is 16.5 Å². The molecule has 0 unspecified atom stereocenters. The van der Waals surface area contributed by atoms with Gasteiger partial charge in [0.1, 0.15) is 0 Å². The van der Waals surface area contributed by atoms with Gasteiger partial charge in [0.05, 0.1) is 0 Å². The van der Waals surface area contributed by atoms with E-state index in [9.17, 15) is 0 Å². The van der Waals surface area contributed by atoms with Crippen LogP contribution in [0.4, 0.5) is 0 Å². The minimum absolute atomic E-state index is 0.826. The minimum atomic E-state index is -0.826. The molecule has 24 heavy (non-hydrogen) atoms. The monoisotopic (exact) mass is 433 g/mol. The van der Waals surface area contributed by atoms with Gasteiger partial charge in [-0.15, -0.1) is 41.1 Å². The molecule has 0 saturated heterocycles. The summed E-state index contributed by atoms with van der Waals surface area (Å²) in [7, 11) is 9.87. The van der Waals surface area contributed by atoms with E-state index in [4.69, 9.17) is 17.0 Å². The van der Waals surface area contributed by atoms with Crippen LogP contribution >= 0.6 is 17.0 Å². The molecule has 0 aliphatic carbocycles. The van der Waals surface area contributed by atoms with Crippen molar-refractivity contribution in [1.82, 2.24) is 4.57 Å². The normalized spacial score (nSPS) is 9.50. The average Bonchev–Trinajstić information content (AvgIpc) is 3.28. The maximum absolute atomic E-state index is 4.93. The van der Waals surface area contributed by atoms with Crippen LogP contribution < -0.4 is 0 Å². The van der Waals surface area contributed by atoms with Gasteiger partial charge in [-0.2, -0.15) is 18.2 Å². The Kier molecular flexibility index (Phi) is 8.05. The van der Waals surface area contributed by atoms with Crippen LogP contribution in [0.5, 0.6) is 0 Å². The molecule has 4 heteroatoms. The van der Waals surface area contributed by atoms with E-state index in [0.29, 0.717) is 0 Å². The average molecular weight is 436 g/mol. The van der Waals surface area contributed by atoms with E-state index in [1.54, 1.807) is 0 Å². The number of nitrogens with zero attached hydrogens (tertiary/aromatic N) is 1. The van der Waals surface area contributed by atoms with E-state index < -0.39 is 20.8 Å². The standard InChI is InChI=1S/C15H14N.C5H5.2ClH.Zr/c1-11-7-12(2)16(10-11)15-8-13-5-3-4-6-14(13)9-15;1-2-4-5-3-1;;;/h3-10H,1-2H3;1-5H;2*1H;/q2*-1;;;+4/p-2. The molecule has 0 atom stereocenters. The third kappa shape index (κ3) is 5.48. The van der Waals surface area contributed by atoms with Crippen LogP contribution in [0, 0.1) is 13.8 Å². The summed E-state index contributed by atoms with van der Waals surface area (Å²) >= 11 is -0.826. The van der Waals surface area contributed by atoms with Crippen LogP contribution in [-0.4, -0.2) is 4.57 Å². The Morgan fingerprint density at radius 1 is 0.958 bits per heavy atom. The van der Waals surface area contributed by atoms with E-state index in [-0.39, 0.29) is 0 Å². The summed E-state index contributed by atoms with van der Waals surface area (Å²) in [6.45, 7) is 4.27. The molecule has 0 bridgehead atoms. The van der Waals surface area contributed by atoms with Gasteiger partial charge in [-0.3, -0.25) is 0 Å². The smallest absolute Gasteiger partial charge is 0.172 e. The second-order valence-corrected chi connectivity index (χ2v) is 9.14. The zero-order valence-corrected chi connectivity index (χ0v) is 17.7. The summed E-state index contributed by atoms with van der Waals surface area (Å²) in [5.41, 5.74) is 3.85. The summed E-state index contributed by atoms with van der Waals surface area (Å²) in [5, 5.41) is 2.62. The number of rotatable bonds is 1. The Morgan fingerprint density at radius 3 is 2.12 bits per heavy atom. The molecular formula is C20H19Cl2NZr. The van der Waals surface area contributed by atoms with Gasteiger partial charge in [0.15, 0.2) is 0 Å². The molecule has 4 rings (SSSR count). The Balaban J connectivity index is 0.000000217. The minimum Gasteiger partial charge on any atom is -0.214 e. The number of fused-ring (bicyclic) bond motifs is 1. The molecule has 0 aliphatic heterocycles. The fraction of sp³-hybridized carbons (Fsp3) is 0.100. The first-order valence-corrected chi connectivity index (χ1v) is 13.9. The summed E-state index contributed by atoms with van der Waals surface area (Å²) in [6, 6.07) is 25.2. The molecule has 0 amide bonds. The van der Waals surface area contributed by atoms with Gasteiger partial charge in [0.2, 0.25) is 0 Å². The number of aromatic nitrogens is 1. The summed E-state index contributed by atoms with van der Waals surface area (Å²) < 4.78 is 2.25. The molecule has 4 aromatic rings. The number of aryl methyl sites for hydroxylation is 2. The molecule has 1 nitrogen and oxygen atoms in total. The van der Waals surface area contributed by atoms with Gasteiger partial charge in [-0.05, 0) is 31.2 Å². The number of benzene rings is 1. The van der Waals surface area contributed by atoms with Crippen LogP contribution in [-0.2, 0) is 20.8 Å². The summed E-state index contributed by atoms with van der Waals surface area (Å²) in [4.78, 5) is 0. The predicted octanol–water partition coefficient (Wildman–Crippen LogP) is 6.75. The van der Waals surface area contributed by atoms with E-state index in [2.05, 4.69) is 67.1 Å². The van der Waals surface area contributed by atoms with E-state index >= 15 is 0 Å². The summed E-state index contributed by atoms with van der Waals surface area (Å²) in [5.74, 6) is 0. The van der Waals surface area contributed by atoms with Crippen LogP contribution in [0.1, 0.15) is 11.3 Å². The number of hydrogen-bond donors (Lipinski definition) is 0. The molecule has 0 radical (unpaired) electrons. The van der Waals surface area contributed by atoms with Crippen LogP contribution in [0.2, 0.25) is 0 Å². The third-order valence-corrected chi connectivity index (χ3v) is 3.59. The van der Waals surface area contributed by atoms with E-state index in [1.165, 1.54) is 27.7 Å². The van der Waals surface area contributed by atoms with Gasteiger partial charge in [-0.1, -0.05) is 6.07 Å². The molecular weight excluding hydrogens is 416 g/mol. The molecule has 0 spiro atoms. The first kappa shape index (κ1) is 19.3. The predicted molar refractivity (Wildman–Crippen MR) is 102 cm³/mol. The van der Waals surface area contributed by atoms with Gasteiger partial charge in [0, 0.05) is 11.9 Å². The van der Waals surface area contributed by atoms with Gasteiger partial charge >= 0.3 is 37.9 Å². The quantitative estimate of drug-likeness (QED) is 0.292. The molecule has 3 aromatic carbocycles. The number of hydrogen-bond acceptors (Lipinski definition) is 0. The fourth-order valence-corrected chi connectivity index (χ4v) is 2.61. The van der Waals surface area contributed by atoms with Crippen molar-refractivity contribution < 1.29 is 20.8 Å². The molecule has 0 aliphatic rings. The second kappa shape index (κ2) is 10.0. The largest absolute Gasteiger partial charge is 0.214 e. The van der Waals surface area contributed by atoms with Crippen molar-refractivity contribution in [2.75, 3.05) is 0 Å². The zero-order chi connectivity index (χ0) is 17.4. The Hall–Kier alpha value is -1.08. The maximum Gasteiger partial charge on any atom is -0.172 e. The van der Waals surface area contributed by atoms with Crippen molar-refractivity contribution in [3.63, 3.8) is 0 Å². The first-order chi connectivity index (χ1) is 11.7. The Labute approximate surface area is 162 Å². The molecule has 0 N–H and O–H groups in total. The fourth-order valence-electron chi connectivity index (χ4n) is 2.61. The SMILES string of the molecule is Cc1cc(C)n(-c2cc3ccccc3[cH-]2)c1.[Cl][Zr+2][Cl].c1cc[cH-]c1. The zero-order valence-electron chi connectivity index (χ0n) is 13.7. The van der Waals surface area contributed by atoms with Crippen molar-refractivity contribution >= 4 is 27.8 Å². The van der Waals surface area contributed by atoms with Crippen molar-refractivity contribution in [3.05, 3.63) is 90.3 Å². The molecule has 122 valence electrons. The van der Waals surface area contributed by atoms with Crippen molar-refractivity contribution in [2.45, 2.75) is 13.8 Å². The number of halogens is 2.